The van der Waals surface area contributed by atoms with Crippen LogP contribution in [-0.2, 0) is 0 Å². The van der Waals surface area contributed by atoms with Crippen molar-refractivity contribution in [2.24, 2.45) is 0 Å². The summed E-state index contributed by atoms with van der Waals surface area (Å²) in [7, 11) is 4.31. The number of hydrogen-bond donors (Lipinski definition) is 1. The molecule has 1 atom stereocenters. The lowest BCUT2D eigenvalue weighted by Crippen LogP contribution is -2.54. The van der Waals surface area contributed by atoms with Crippen LogP contribution in [0.5, 0.6) is 0 Å². The maximum Gasteiger partial charge on any atom is 0.0222 e. The van der Waals surface area contributed by atoms with Crippen LogP contribution in [0.2, 0.25) is 0 Å². The van der Waals surface area contributed by atoms with Crippen LogP contribution in [0.3, 0.4) is 0 Å². The SMILES string of the molecule is CN(C)CCN1CCN(C2CCCNC2)CC1. The standard InChI is InChI=1S/C13H28N4/c1-15(2)6-7-16-8-10-17(11-9-16)13-4-3-5-14-12-13/h13-14H,3-12H2,1-2H3. The first-order valence-electron chi connectivity index (χ1n) is 7.07. The van der Waals surface area contributed by atoms with Crippen molar-refractivity contribution >= 4 is 0 Å². The second-order valence-electron chi connectivity index (χ2n) is 5.68. The normalized spacial score (nSPS) is 28.8. The molecule has 0 spiro atoms. The quantitative estimate of drug-likeness (QED) is 0.742. The molecule has 4 nitrogen and oxygen atoms in total. The topological polar surface area (TPSA) is 21.8 Å². The molecule has 2 saturated heterocycles. The minimum atomic E-state index is 0.805. The van der Waals surface area contributed by atoms with Crippen molar-refractivity contribution in [3.63, 3.8) is 0 Å². The zero-order valence-corrected chi connectivity index (χ0v) is 11.5. The zero-order valence-electron chi connectivity index (χ0n) is 11.5. The number of piperidine rings is 1. The number of nitrogens with zero attached hydrogens (tertiary/aromatic N) is 3. The van der Waals surface area contributed by atoms with Crippen molar-refractivity contribution in [3.05, 3.63) is 0 Å². The van der Waals surface area contributed by atoms with Gasteiger partial charge in [-0.2, -0.15) is 0 Å². The minimum absolute atomic E-state index is 0.805. The van der Waals surface area contributed by atoms with E-state index in [-0.39, 0.29) is 0 Å². The molecule has 2 rings (SSSR count). The third kappa shape index (κ3) is 4.21. The molecule has 100 valence electrons. The average molecular weight is 240 g/mol. The zero-order chi connectivity index (χ0) is 12.1. The van der Waals surface area contributed by atoms with E-state index >= 15 is 0 Å². The first-order chi connectivity index (χ1) is 8.25. The Balaban J connectivity index is 1.66. The van der Waals surface area contributed by atoms with Gasteiger partial charge in [0, 0.05) is 51.9 Å². The van der Waals surface area contributed by atoms with E-state index < -0.39 is 0 Å². The highest BCUT2D eigenvalue weighted by Gasteiger charge is 2.24. The Hall–Kier alpha value is -0.160. The first kappa shape index (κ1) is 13.3. The van der Waals surface area contributed by atoms with Gasteiger partial charge in [0.1, 0.15) is 0 Å². The summed E-state index contributed by atoms with van der Waals surface area (Å²) in [5.41, 5.74) is 0. The number of likely N-dealkylation sites (N-methyl/N-ethyl adjacent to an activating group) is 1. The van der Waals surface area contributed by atoms with Crippen LogP contribution in [0, 0.1) is 0 Å². The van der Waals surface area contributed by atoms with Crippen LogP contribution in [0.4, 0.5) is 0 Å². The van der Waals surface area contributed by atoms with E-state index in [1.165, 1.54) is 65.2 Å². The highest BCUT2D eigenvalue weighted by molar-refractivity contribution is 4.82. The lowest BCUT2D eigenvalue weighted by Gasteiger charge is -2.41. The number of piperazine rings is 1. The van der Waals surface area contributed by atoms with Gasteiger partial charge in [-0.3, -0.25) is 9.80 Å². The fourth-order valence-electron chi connectivity index (χ4n) is 2.84. The molecule has 0 aliphatic carbocycles. The van der Waals surface area contributed by atoms with Crippen molar-refractivity contribution in [2.75, 3.05) is 66.5 Å². The molecule has 4 heteroatoms. The summed E-state index contributed by atoms with van der Waals surface area (Å²) >= 11 is 0. The van der Waals surface area contributed by atoms with E-state index in [4.69, 9.17) is 0 Å². The summed E-state index contributed by atoms with van der Waals surface area (Å²) in [5.74, 6) is 0. The summed E-state index contributed by atoms with van der Waals surface area (Å²) in [6, 6.07) is 0.805. The van der Waals surface area contributed by atoms with Crippen molar-refractivity contribution in [1.82, 2.24) is 20.0 Å². The smallest absolute Gasteiger partial charge is 0.0222 e. The summed E-state index contributed by atoms with van der Waals surface area (Å²) < 4.78 is 0. The minimum Gasteiger partial charge on any atom is -0.315 e. The van der Waals surface area contributed by atoms with Gasteiger partial charge >= 0.3 is 0 Å². The predicted octanol–water partition coefficient (Wildman–Crippen LogP) is -0.0824. The fourth-order valence-corrected chi connectivity index (χ4v) is 2.84. The summed E-state index contributed by atoms with van der Waals surface area (Å²) in [6.07, 6.45) is 2.75. The van der Waals surface area contributed by atoms with Crippen LogP contribution in [0.15, 0.2) is 0 Å². The Kier molecular flexibility index (Phi) is 5.22. The lowest BCUT2D eigenvalue weighted by atomic mass is 10.1. The molecular formula is C13H28N4. The van der Waals surface area contributed by atoms with E-state index in [1.807, 2.05) is 0 Å². The molecule has 0 amide bonds. The molecule has 2 aliphatic rings. The van der Waals surface area contributed by atoms with Crippen molar-refractivity contribution < 1.29 is 0 Å². The van der Waals surface area contributed by atoms with Gasteiger partial charge in [0.2, 0.25) is 0 Å². The van der Waals surface area contributed by atoms with Crippen LogP contribution in [0.25, 0.3) is 0 Å². The third-order valence-corrected chi connectivity index (χ3v) is 4.06. The van der Waals surface area contributed by atoms with Crippen molar-refractivity contribution in [1.29, 1.82) is 0 Å². The predicted molar refractivity (Wildman–Crippen MR) is 72.5 cm³/mol. The van der Waals surface area contributed by atoms with E-state index in [1.54, 1.807) is 0 Å². The van der Waals surface area contributed by atoms with Gasteiger partial charge in [-0.25, -0.2) is 0 Å². The Morgan fingerprint density at radius 3 is 2.53 bits per heavy atom. The molecule has 0 aromatic carbocycles. The molecule has 0 aromatic heterocycles. The number of hydrogen-bond acceptors (Lipinski definition) is 4. The molecule has 0 radical (unpaired) electrons. The van der Waals surface area contributed by atoms with Gasteiger partial charge in [0.25, 0.3) is 0 Å². The molecule has 1 N–H and O–H groups in total. The third-order valence-electron chi connectivity index (χ3n) is 4.06. The van der Waals surface area contributed by atoms with Gasteiger partial charge in [-0.1, -0.05) is 0 Å². The molecule has 0 aromatic rings. The van der Waals surface area contributed by atoms with Gasteiger partial charge in [0.05, 0.1) is 0 Å². The van der Waals surface area contributed by atoms with E-state index in [2.05, 4.69) is 34.1 Å². The molecular weight excluding hydrogens is 212 g/mol. The second-order valence-corrected chi connectivity index (χ2v) is 5.68. The van der Waals surface area contributed by atoms with Crippen LogP contribution < -0.4 is 5.32 Å². The largest absolute Gasteiger partial charge is 0.315 e. The molecule has 17 heavy (non-hydrogen) atoms. The van der Waals surface area contributed by atoms with Crippen molar-refractivity contribution in [2.45, 2.75) is 18.9 Å². The first-order valence-corrected chi connectivity index (χ1v) is 7.07. The molecule has 0 bridgehead atoms. The van der Waals surface area contributed by atoms with Crippen LogP contribution in [0.1, 0.15) is 12.8 Å². The molecule has 0 saturated carbocycles. The van der Waals surface area contributed by atoms with Gasteiger partial charge in [-0.15, -0.1) is 0 Å². The molecule has 2 fully saturated rings. The Bertz CT molecular complexity index is 205. The molecule has 2 aliphatic heterocycles. The highest BCUT2D eigenvalue weighted by Crippen LogP contribution is 2.12. The van der Waals surface area contributed by atoms with Gasteiger partial charge in [-0.05, 0) is 33.5 Å². The Morgan fingerprint density at radius 2 is 1.94 bits per heavy atom. The highest BCUT2D eigenvalue weighted by atomic mass is 15.3. The summed E-state index contributed by atoms with van der Waals surface area (Å²) in [5, 5.41) is 3.52. The van der Waals surface area contributed by atoms with E-state index in [0.717, 1.165) is 6.04 Å². The second kappa shape index (κ2) is 6.69. The number of nitrogens with one attached hydrogen (secondary N) is 1. The van der Waals surface area contributed by atoms with Crippen molar-refractivity contribution in [3.8, 4) is 0 Å². The average Bonchev–Trinajstić information content (AvgIpc) is 2.38. The fraction of sp³-hybridized carbons (Fsp3) is 1.00. The molecule has 1 unspecified atom stereocenters. The van der Waals surface area contributed by atoms with E-state index in [9.17, 15) is 0 Å². The molecule has 2 heterocycles. The maximum absolute atomic E-state index is 3.52. The van der Waals surface area contributed by atoms with Gasteiger partial charge in [0.15, 0.2) is 0 Å². The maximum atomic E-state index is 3.52. The number of rotatable bonds is 4. The summed E-state index contributed by atoms with van der Waals surface area (Å²) in [6.45, 7) is 9.87. The van der Waals surface area contributed by atoms with Crippen LogP contribution in [-0.4, -0.2) is 87.2 Å². The summed E-state index contributed by atoms with van der Waals surface area (Å²) in [4.78, 5) is 7.57. The Labute approximate surface area is 106 Å². The van der Waals surface area contributed by atoms with E-state index in [0.29, 0.717) is 0 Å². The monoisotopic (exact) mass is 240 g/mol. The Morgan fingerprint density at radius 1 is 1.18 bits per heavy atom. The lowest BCUT2D eigenvalue weighted by molar-refractivity contribution is 0.0809. The van der Waals surface area contributed by atoms with Crippen LogP contribution >= 0.6 is 0 Å². The van der Waals surface area contributed by atoms with Gasteiger partial charge < -0.3 is 10.2 Å².